The number of nitrogens with one attached hydrogen (secondary N) is 1. The number of carbonyl (C=O) groups is 1. The lowest BCUT2D eigenvalue weighted by Gasteiger charge is -2.14. The summed E-state index contributed by atoms with van der Waals surface area (Å²) in [7, 11) is 3.50. The fourth-order valence-electron chi connectivity index (χ4n) is 1.34. The Bertz CT molecular complexity index is 550. The van der Waals surface area contributed by atoms with E-state index in [1.54, 1.807) is 35.8 Å². The first-order chi connectivity index (χ1) is 8.61. The van der Waals surface area contributed by atoms with Crippen LogP contribution in [0.5, 0.6) is 0 Å². The molecule has 1 amide bonds. The average Bonchev–Trinajstić information content (AvgIpc) is 2.98. The molecule has 2 aromatic heterocycles. The van der Waals surface area contributed by atoms with Crippen LogP contribution in [0.3, 0.4) is 0 Å². The summed E-state index contributed by atoms with van der Waals surface area (Å²) in [6, 6.07) is 0. The fraction of sp³-hybridized carbons (Fsp3) is 0.400. The monoisotopic (exact) mass is 283 g/mol. The molecule has 6 nitrogen and oxygen atoms in total. The molecule has 96 valence electrons. The number of hydrogen-bond acceptors (Lipinski definition) is 7. The third-order valence-electron chi connectivity index (χ3n) is 2.39. The standard InChI is InChI=1S/C10H13N5OS2/c1-6-7(17-5-12-6)4-15(3)9(16)8-13-14-10(11-2)18-8/h5H,4H2,1-3H3,(H,11,14). The van der Waals surface area contributed by atoms with Crippen molar-refractivity contribution in [3.05, 3.63) is 21.1 Å². The number of hydrogen-bond donors (Lipinski definition) is 1. The predicted molar refractivity (Wildman–Crippen MR) is 72.1 cm³/mol. The van der Waals surface area contributed by atoms with Crippen molar-refractivity contribution in [1.82, 2.24) is 20.1 Å². The lowest BCUT2D eigenvalue weighted by atomic mass is 10.3. The molecule has 2 aromatic rings. The third kappa shape index (κ3) is 2.65. The van der Waals surface area contributed by atoms with Gasteiger partial charge in [0.05, 0.1) is 17.7 Å². The number of nitrogens with zero attached hydrogens (tertiary/aromatic N) is 4. The molecule has 8 heteroatoms. The number of carbonyl (C=O) groups excluding carboxylic acids is 1. The van der Waals surface area contributed by atoms with Gasteiger partial charge in [0.25, 0.3) is 5.91 Å². The summed E-state index contributed by atoms with van der Waals surface area (Å²) in [5.41, 5.74) is 2.75. The van der Waals surface area contributed by atoms with Crippen LogP contribution in [0, 0.1) is 6.92 Å². The van der Waals surface area contributed by atoms with Crippen LogP contribution in [0.1, 0.15) is 20.4 Å². The zero-order valence-corrected chi connectivity index (χ0v) is 11.9. The third-order valence-corrected chi connectivity index (χ3v) is 4.24. The maximum atomic E-state index is 12.1. The van der Waals surface area contributed by atoms with E-state index >= 15 is 0 Å². The predicted octanol–water partition coefficient (Wildman–Crippen LogP) is 1.62. The summed E-state index contributed by atoms with van der Waals surface area (Å²) in [4.78, 5) is 19.0. The van der Waals surface area contributed by atoms with E-state index in [1.165, 1.54) is 11.3 Å². The number of anilines is 1. The van der Waals surface area contributed by atoms with E-state index in [9.17, 15) is 4.79 Å². The smallest absolute Gasteiger partial charge is 0.284 e. The molecule has 0 unspecified atom stereocenters. The minimum Gasteiger partial charge on any atom is -0.363 e. The molecule has 0 bridgehead atoms. The molecule has 0 aliphatic carbocycles. The van der Waals surface area contributed by atoms with Gasteiger partial charge in [-0.3, -0.25) is 4.79 Å². The summed E-state index contributed by atoms with van der Waals surface area (Å²) in [5, 5.41) is 11.6. The summed E-state index contributed by atoms with van der Waals surface area (Å²) in [6.07, 6.45) is 0. The molecule has 0 spiro atoms. The highest BCUT2D eigenvalue weighted by atomic mass is 32.1. The second kappa shape index (κ2) is 5.40. The van der Waals surface area contributed by atoms with Crippen molar-refractivity contribution in [3.63, 3.8) is 0 Å². The maximum Gasteiger partial charge on any atom is 0.284 e. The molecule has 0 saturated heterocycles. The zero-order valence-electron chi connectivity index (χ0n) is 10.3. The van der Waals surface area contributed by atoms with Gasteiger partial charge in [-0.15, -0.1) is 21.5 Å². The molecule has 0 saturated carbocycles. The molecule has 2 rings (SSSR count). The molecule has 0 atom stereocenters. The molecule has 0 aromatic carbocycles. The van der Waals surface area contributed by atoms with Crippen LogP contribution in [0.25, 0.3) is 0 Å². The first-order valence-electron chi connectivity index (χ1n) is 5.27. The largest absolute Gasteiger partial charge is 0.363 e. The van der Waals surface area contributed by atoms with Crippen LogP contribution in [0.15, 0.2) is 5.51 Å². The first-order valence-corrected chi connectivity index (χ1v) is 6.97. The maximum absolute atomic E-state index is 12.1. The van der Waals surface area contributed by atoms with E-state index in [0.29, 0.717) is 16.7 Å². The number of amides is 1. The number of thiazole rings is 1. The highest BCUT2D eigenvalue weighted by Gasteiger charge is 2.18. The number of aryl methyl sites for hydroxylation is 1. The van der Waals surface area contributed by atoms with Crippen LogP contribution < -0.4 is 5.32 Å². The van der Waals surface area contributed by atoms with Gasteiger partial charge in [-0.25, -0.2) is 4.98 Å². The molecule has 18 heavy (non-hydrogen) atoms. The van der Waals surface area contributed by atoms with Gasteiger partial charge >= 0.3 is 0 Å². The molecular weight excluding hydrogens is 270 g/mol. The summed E-state index contributed by atoms with van der Waals surface area (Å²) >= 11 is 2.80. The number of aromatic nitrogens is 3. The van der Waals surface area contributed by atoms with E-state index < -0.39 is 0 Å². The Kier molecular flexibility index (Phi) is 3.87. The van der Waals surface area contributed by atoms with Gasteiger partial charge in [-0.2, -0.15) is 0 Å². The normalized spacial score (nSPS) is 10.4. The van der Waals surface area contributed by atoms with Crippen molar-refractivity contribution in [3.8, 4) is 0 Å². The highest BCUT2D eigenvalue weighted by molar-refractivity contribution is 7.17. The van der Waals surface area contributed by atoms with E-state index in [0.717, 1.165) is 10.6 Å². The van der Waals surface area contributed by atoms with E-state index in [2.05, 4.69) is 20.5 Å². The van der Waals surface area contributed by atoms with Crippen molar-refractivity contribution >= 4 is 33.7 Å². The molecule has 2 heterocycles. The minimum absolute atomic E-state index is 0.123. The van der Waals surface area contributed by atoms with Crippen LogP contribution in [-0.2, 0) is 6.54 Å². The lowest BCUT2D eigenvalue weighted by molar-refractivity contribution is 0.0785. The van der Waals surface area contributed by atoms with Gasteiger partial charge in [-0.05, 0) is 6.92 Å². The van der Waals surface area contributed by atoms with E-state index in [1.807, 2.05) is 6.92 Å². The Hall–Kier alpha value is -1.54. The van der Waals surface area contributed by atoms with Gasteiger partial charge in [0.2, 0.25) is 10.1 Å². The summed E-state index contributed by atoms with van der Waals surface area (Å²) in [6.45, 7) is 2.48. The van der Waals surface area contributed by atoms with Crippen LogP contribution >= 0.6 is 22.7 Å². The molecular formula is C10H13N5OS2. The van der Waals surface area contributed by atoms with Crippen molar-refractivity contribution in [1.29, 1.82) is 0 Å². The summed E-state index contributed by atoms with van der Waals surface area (Å²) < 4.78 is 0. The Morgan fingerprint density at radius 1 is 1.50 bits per heavy atom. The lowest BCUT2D eigenvalue weighted by Crippen LogP contribution is -2.26. The molecule has 1 N–H and O–H groups in total. The Morgan fingerprint density at radius 3 is 2.83 bits per heavy atom. The Morgan fingerprint density at radius 2 is 2.28 bits per heavy atom. The molecule has 0 aliphatic rings. The van der Waals surface area contributed by atoms with Crippen LogP contribution in [0.4, 0.5) is 5.13 Å². The Labute approximate surface area is 113 Å². The summed E-state index contributed by atoms with van der Waals surface area (Å²) in [5.74, 6) is -0.123. The van der Waals surface area contributed by atoms with Crippen LogP contribution in [-0.4, -0.2) is 40.1 Å². The average molecular weight is 283 g/mol. The SMILES string of the molecule is CNc1nnc(C(=O)N(C)Cc2scnc2C)s1. The zero-order chi connectivity index (χ0) is 13.1. The van der Waals surface area contributed by atoms with Gasteiger partial charge < -0.3 is 10.2 Å². The quantitative estimate of drug-likeness (QED) is 0.923. The first kappa shape index (κ1) is 12.9. The second-order valence-electron chi connectivity index (χ2n) is 3.68. The fourth-order valence-corrected chi connectivity index (χ4v) is 2.86. The van der Waals surface area contributed by atoms with Crippen molar-refractivity contribution in [2.45, 2.75) is 13.5 Å². The minimum atomic E-state index is -0.123. The van der Waals surface area contributed by atoms with Crippen LogP contribution in [0.2, 0.25) is 0 Å². The van der Waals surface area contributed by atoms with Crippen molar-refractivity contribution < 1.29 is 4.79 Å². The molecule has 0 fully saturated rings. The van der Waals surface area contributed by atoms with Crippen molar-refractivity contribution in [2.24, 2.45) is 0 Å². The second-order valence-corrected chi connectivity index (χ2v) is 5.60. The van der Waals surface area contributed by atoms with Gasteiger partial charge in [-0.1, -0.05) is 11.3 Å². The molecule has 0 radical (unpaired) electrons. The topological polar surface area (TPSA) is 71.0 Å². The Balaban J connectivity index is 2.07. The molecule has 0 aliphatic heterocycles. The van der Waals surface area contributed by atoms with Crippen molar-refractivity contribution in [2.75, 3.05) is 19.4 Å². The van der Waals surface area contributed by atoms with Gasteiger partial charge in [0.1, 0.15) is 0 Å². The van der Waals surface area contributed by atoms with Gasteiger partial charge in [0.15, 0.2) is 0 Å². The van der Waals surface area contributed by atoms with E-state index in [4.69, 9.17) is 0 Å². The van der Waals surface area contributed by atoms with E-state index in [-0.39, 0.29) is 5.91 Å². The van der Waals surface area contributed by atoms with Gasteiger partial charge in [0, 0.05) is 19.0 Å². The highest BCUT2D eigenvalue weighted by Crippen LogP contribution is 2.18. The number of rotatable bonds is 4.